The first-order valence-electron chi connectivity index (χ1n) is 13.7. The molecule has 15 heteroatoms. The Morgan fingerprint density at radius 3 is 2.40 bits per heavy atom. The Bertz CT molecular complexity index is 1510. The van der Waals surface area contributed by atoms with E-state index in [1.54, 1.807) is 32.3 Å². The second-order valence-corrected chi connectivity index (χ2v) is 11.5. The maximum Gasteiger partial charge on any atom is 0.471 e. The van der Waals surface area contributed by atoms with Crippen LogP contribution in [0.25, 0.3) is 10.9 Å². The molecule has 1 saturated heterocycles. The van der Waals surface area contributed by atoms with Gasteiger partial charge in [-0.05, 0) is 53.0 Å². The third-order valence-corrected chi connectivity index (χ3v) is 7.01. The molecule has 2 aliphatic rings. The topological polar surface area (TPSA) is 136 Å². The summed E-state index contributed by atoms with van der Waals surface area (Å²) in [5.41, 5.74) is -2.57. The minimum Gasteiger partial charge on any atom is -0.462 e. The number of carbonyl (C=O) groups excluding carboxylic acids is 4. The number of esters is 1. The maximum atomic E-state index is 16.0. The number of alkyl carbamates (subject to hydrolysis) is 1. The molecule has 43 heavy (non-hydrogen) atoms. The second kappa shape index (κ2) is 11.8. The molecule has 2 heterocycles. The van der Waals surface area contributed by atoms with Crippen LogP contribution in [0.5, 0.6) is 0 Å². The van der Waals surface area contributed by atoms with Crippen molar-refractivity contribution in [3.05, 3.63) is 39.4 Å². The van der Waals surface area contributed by atoms with E-state index in [4.69, 9.17) is 9.47 Å². The fourth-order valence-electron chi connectivity index (χ4n) is 5.18. The van der Waals surface area contributed by atoms with Crippen molar-refractivity contribution in [2.45, 2.75) is 76.9 Å². The average Bonchev–Trinajstić information content (AvgIpc) is 3.66. The molecule has 2 atom stereocenters. The molecule has 1 aromatic carbocycles. The Morgan fingerprint density at radius 2 is 1.84 bits per heavy atom. The van der Waals surface area contributed by atoms with Gasteiger partial charge in [0, 0.05) is 37.4 Å². The van der Waals surface area contributed by atoms with Gasteiger partial charge in [-0.25, -0.2) is 14.0 Å². The van der Waals surface area contributed by atoms with Crippen molar-refractivity contribution in [3.8, 4) is 0 Å². The van der Waals surface area contributed by atoms with Crippen molar-refractivity contribution in [1.29, 1.82) is 0 Å². The summed E-state index contributed by atoms with van der Waals surface area (Å²) in [5, 5.41) is 4.14. The van der Waals surface area contributed by atoms with Gasteiger partial charge < -0.3 is 29.6 Å². The lowest BCUT2D eigenvalue weighted by atomic mass is 10.0. The minimum atomic E-state index is -5.17. The summed E-state index contributed by atoms with van der Waals surface area (Å²) in [6.07, 6.45) is -3.23. The first-order chi connectivity index (χ1) is 20.1. The summed E-state index contributed by atoms with van der Waals surface area (Å²) in [7, 11) is 0. The number of rotatable bonds is 8. The van der Waals surface area contributed by atoms with Crippen LogP contribution in [0.1, 0.15) is 73.7 Å². The van der Waals surface area contributed by atoms with Gasteiger partial charge in [-0.3, -0.25) is 14.4 Å². The number of aromatic nitrogens is 1. The highest BCUT2D eigenvalue weighted by molar-refractivity contribution is 6.04. The fraction of sp³-hybridized carbons (Fsp3) is 0.536. The average molecular weight is 613 g/mol. The van der Waals surface area contributed by atoms with Crippen LogP contribution in [0.2, 0.25) is 0 Å². The molecule has 11 nitrogen and oxygen atoms in total. The number of benzene rings is 1. The van der Waals surface area contributed by atoms with Gasteiger partial charge in [0.25, 0.3) is 0 Å². The van der Waals surface area contributed by atoms with Gasteiger partial charge in [-0.2, -0.15) is 13.2 Å². The van der Waals surface area contributed by atoms with E-state index < -0.39 is 53.1 Å². The molecule has 0 bridgehead atoms. The van der Waals surface area contributed by atoms with Gasteiger partial charge in [0.05, 0.1) is 28.8 Å². The second-order valence-electron chi connectivity index (χ2n) is 11.5. The zero-order valence-electron chi connectivity index (χ0n) is 24.0. The first-order valence-corrected chi connectivity index (χ1v) is 13.7. The number of alkyl halides is 3. The van der Waals surface area contributed by atoms with Crippen LogP contribution in [0.4, 0.5) is 28.0 Å². The molecule has 1 saturated carbocycles. The van der Waals surface area contributed by atoms with E-state index >= 15 is 4.39 Å². The van der Waals surface area contributed by atoms with Gasteiger partial charge in [-0.1, -0.05) is 0 Å². The number of nitrogens with zero attached hydrogens (tertiary/aromatic N) is 2. The Balaban J connectivity index is 1.82. The number of halogens is 4. The highest BCUT2D eigenvalue weighted by Crippen LogP contribution is 2.41. The van der Waals surface area contributed by atoms with Crippen LogP contribution < -0.4 is 21.0 Å². The maximum absolute atomic E-state index is 16.0. The molecule has 2 aromatic rings. The fourth-order valence-corrected chi connectivity index (χ4v) is 5.18. The lowest BCUT2D eigenvalue weighted by molar-refractivity contribution is -0.174. The van der Waals surface area contributed by atoms with Crippen molar-refractivity contribution in [2.75, 3.05) is 24.6 Å². The number of amides is 2. The van der Waals surface area contributed by atoms with Gasteiger partial charge in [-0.15, -0.1) is 0 Å². The molecule has 0 unspecified atom stereocenters. The zero-order valence-corrected chi connectivity index (χ0v) is 24.0. The predicted molar refractivity (Wildman–Crippen MR) is 146 cm³/mol. The number of carbonyl (C=O) groups is 4. The Hall–Kier alpha value is -4.17. The Kier molecular flexibility index (Phi) is 8.75. The van der Waals surface area contributed by atoms with E-state index in [1.807, 2.05) is 5.32 Å². The lowest BCUT2D eigenvalue weighted by Gasteiger charge is -2.30. The molecule has 1 aromatic heterocycles. The molecule has 234 valence electrons. The van der Waals surface area contributed by atoms with Gasteiger partial charge in [0.1, 0.15) is 17.0 Å². The van der Waals surface area contributed by atoms with Crippen LogP contribution in [-0.2, 0) is 14.3 Å². The van der Waals surface area contributed by atoms with Crippen LogP contribution in [0.15, 0.2) is 17.1 Å². The molecule has 0 spiro atoms. The van der Waals surface area contributed by atoms with Gasteiger partial charge in [0.15, 0.2) is 6.29 Å². The highest BCUT2D eigenvalue weighted by Gasteiger charge is 2.43. The standard InChI is InChI=1S/C28H32F4N4O7/c1-5-42-24(39)18-12-36(15-6-7-15)21-17(23(18)38)9-20(29)22(19(21)13-37)35-11-14(34-25(40)28(30,31)32)8-16(35)10-33-26(41)43-27(2,3)4/h9,12-16H,5-8,10-11H2,1-4H3,(H,33,41)(H,34,40)/t14-,16-/m0/s1. The van der Waals surface area contributed by atoms with Crippen molar-refractivity contribution in [1.82, 2.24) is 15.2 Å². The molecule has 2 fully saturated rings. The largest absolute Gasteiger partial charge is 0.471 e. The van der Waals surface area contributed by atoms with E-state index in [0.29, 0.717) is 19.1 Å². The van der Waals surface area contributed by atoms with Crippen LogP contribution in [0.3, 0.4) is 0 Å². The van der Waals surface area contributed by atoms with Crippen molar-refractivity contribution >= 4 is 40.8 Å². The monoisotopic (exact) mass is 612 g/mol. The molecular formula is C28H32F4N4O7. The molecule has 0 radical (unpaired) electrons. The van der Waals surface area contributed by atoms with Gasteiger partial charge in [0.2, 0.25) is 5.43 Å². The highest BCUT2D eigenvalue weighted by atomic mass is 19.4. The number of hydrogen-bond donors (Lipinski definition) is 2. The number of nitrogens with one attached hydrogen (secondary N) is 2. The van der Waals surface area contributed by atoms with Crippen molar-refractivity contribution in [3.63, 3.8) is 0 Å². The smallest absolute Gasteiger partial charge is 0.462 e. The molecule has 2 amide bonds. The molecule has 2 N–H and O–H groups in total. The zero-order chi connectivity index (χ0) is 31.9. The summed E-state index contributed by atoms with van der Waals surface area (Å²) in [6, 6.07) is -1.35. The summed E-state index contributed by atoms with van der Waals surface area (Å²) in [4.78, 5) is 63.7. The van der Waals surface area contributed by atoms with E-state index in [9.17, 15) is 37.1 Å². The Labute approximate surface area is 243 Å². The van der Waals surface area contributed by atoms with Crippen LogP contribution in [0, 0.1) is 5.82 Å². The summed E-state index contributed by atoms with van der Waals surface area (Å²) in [5.74, 6) is -4.15. The molecule has 1 aliphatic carbocycles. The normalized spacial score (nSPS) is 18.8. The Morgan fingerprint density at radius 1 is 1.16 bits per heavy atom. The summed E-state index contributed by atoms with van der Waals surface area (Å²) in [6.45, 7) is 5.86. The van der Waals surface area contributed by atoms with Crippen LogP contribution >= 0.6 is 0 Å². The van der Waals surface area contributed by atoms with Crippen molar-refractivity contribution in [2.24, 2.45) is 0 Å². The SMILES string of the molecule is CCOC(=O)c1cn(C2CC2)c2c(C=O)c(N3C[C@@H](NC(=O)C(F)(F)F)C[C@H]3CNC(=O)OC(C)(C)C)c(F)cc2c1=O. The van der Waals surface area contributed by atoms with E-state index in [0.717, 1.165) is 6.07 Å². The third-order valence-electron chi connectivity index (χ3n) is 7.01. The van der Waals surface area contributed by atoms with E-state index in [-0.39, 0.29) is 59.9 Å². The molecular weight excluding hydrogens is 580 g/mol. The first kappa shape index (κ1) is 31.8. The molecule has 1 aliphatic heterocycles. The number of pyridine rings is 1. The molecule has 4 rings (SSSR count). The quantitative estimate of drug-likeness (QED) is 0.262. The van der Waals surface area contributed by atoms with Crippen LogP contribution in [-0.4, -0.2) is 72.4 Å². The third kappa shape index (κ3) is 6.91. The summed E-state index contributed by atoms with van der Waals surface area (Å²) < 4.78 is 66.8. The number of aldehydes is 1. The number of ether oxygens (including phenoxy) is 2. The van der Waals surface area contributed by atoms with Gasteiger partial charge >= 0.3 is 24.1 Å². The number of anilines is 1. The predicted octanol–water partition coefficient (Wildman–Crippen LogP) is 3.62. The van der Waals surface area contributed by atoms with E-state index in [2.05, 4.69) is 5.32 Å². The van der Waals surface area contributed by atoms with E-state index in [1.165, 1.54) is 11.1 Å². The number of hydrogen-bond acceptors (Lipinski definition) is 8. The number of fused-ring (bicyclic) bond motifs is 1. The van der Waals surface area contributed by atoms with Crippen molar-refractivity contribution < 1.29 is 46.2 Å². The lowest BCUT2D eigenvalue weighted by Crippen LogP contribution is -2.44. The minimum absolute atomic E-state index is 0.00759. The summed E-state index contributed by atoms with van der Waals surface area (Å²) >= 11 is 0.